The maximum Gasteiger partial charge on any atom is 0.175 e. The number of rotatable bonds is 7. The van der Waals surface area contributed by atoms with E-state index in [1.807, 2.05) is 12.3 Å². The molecule has 0 saturated heterocycles. The molecule has 0 amide bonds. The van der Waals surface area contributed by atoms with Crippen LogP contribution in [0.5, 0.6) is 0 Å². The van der Waals surface area contributed by atoms with Crippen molar-refractivity contribution in [2.24, 2.45) is 0 Å². The minimum atomic E-state index is 0.174. The van der Waals surface area contributed by atoms with Crippen LogP contribution in [0.2, 0.25) is 0 Å². The molecule has 0 aliphatic carbocycles. The lowest BCUT2D eigenvalue weighted by Crippen LogP contribution is -2.07. The molecule has 0 bridgehead atoms. The maximum absolute atomic E-state index is 12.5. The minimum absolute atomic E-state index is 0.174. The summed E-state index contributed by atoms with van der Waals surface area (Å²) in [5.41, 5.74) is 3.19. The van der Waals surface area contributed by atoms with E-state index < -0.39 is 0 Å². The molecule has 0 aliphatic heterocycles. The van der Waals surface area contributed by atoms with Crippen molar-refractivity contribution in [2.45, 2.75) is 35.4 Å². The number of nitrogens with zero attached hydrogens (tertiary/aromatic N) is 2. The smallest absolute Gasteiger partial charge is 0.175 e. The standard InChI is InChI=1S/C15H18N2OS3/c1-4-10-6-7-11(5-2)12(8-10)13(18)9-20-15-17-16-14(19-3)21-15/h6-8H,4-5,9H2,1-3H3. The van der Waals surface area contributed by atoms with Crippen LogP contribution >= 0.6 is 34.9 Å². The lowest BCUT2D eigenvalue weighted by Gasteiger charge is -2.08. The quantitative estimate of drug-likeness (QED) is 0.554. The Labute approximate surface area is 137 Å². The third-order valence-corrected chi connectivity index (χ3v) is 6.19. The van der Waals surface area contributed by atoms with Gasteiger partial charge in [-0.1, -0.05) is 60.8 Å². The van der Waals surface area contributed by atoms with Crippen molar-refractivity contribution >= 4 is 40.6 Å². The van der Waals surface area contributed by atoms with E-state index in [0.29, 0.717) is 5.75 Å². The van der Waals surface area contributed by atoms with E-state index in [1.54, 1.807) is 11.8 Å². The van der Waals surface area contributed by atoms with Crippen molar-refractivity contribution in [3.8, 4) is 0 Å². The van der Waals surface area contributed by atoms with Gasteiger partial charge in [0.1, 0.15) is 0 Å². The highest BCUT2D eigenvalue weighted by atomic mass is 32.2. The number of Topliss-reactive ketones (excluding diaryl/α,β-unsaturated/α-hetero) is 1. The second-order valence-electron chi connectivity index (χ2n) is 4.45. The van der Waals surface area contributed by atoms with E-state index in [-0.39, 0.29) is 5.78 Å². The highest BCUT2D eigenvalue weighted by Crippen LogP contribution is 2.28. The van der Waals surface area contributed by atoms with Crippen LogP contribution in [0.4, 0.5) is 0 Å². The summed E-state index contributed by atoms with van der Waals surface area (Å²) in [4.78, 5) is 12.5. The molecule has 112 valence electrons. The third-order valence-electron chi connectivity index (χ3n) is 3.15. The van der Waals surface area contributed by atoms with Gasteiger partial charge in [0.25, 0.3) is 0 Å². The second kappa shape index (κ2) is 7.96. The fourth-order valence-electron chi connectivity index (χ4n) is 1.95. The van der Waals surface area contributed by atoms with Crippen molar-refractivity contribution in [1.29, 1.82) is 0 Å². The average Bonchev–Trinajstić information content (AvgIpc) is 3.00. The molecule has 0 atom stereocenters. The van der Waals surface area contributed by atoms with Crippen LogP contribution in [0.15, 0.2) is 26.9 Å². The van der Waals surface area contributed by atoms with Crippen LogP contribution in [-0.2, 0) is 12.8 Å². The molecule has 0 spiro atoms. The Hall–Kier alpha value is -0.850. The third kappa shape index (κ3) is 4.31. The Bertz CT molecular complexity index is 625. The molecule has 0 fully saturated rings. The van der Waals surface area contributed by atoms with E-state index in [4.69, 9.17) is 0 Å². The Kier molecular flexibility index (Phi) is 6.26. The number of benzene rings is 1. The van der Waals surface area contributed by atoms with Crippen LogP contribution < -0.4 is 0 Å². The maximum atomic E-state index is 12.5. The lowest BCUT2D eigenvalue weighted by atomic mass is 9.98. The first-order chi connectivity index (χ1) is 10.2. The summed E-state index contributed by atoms with van der Waals surface area (Å²) >= 11 is 4.59. The predicted molar refractivity (Wildman–Crippen MR) is 91.9 cm³/mol. The number of thioether (sulfide) groups is 2. The van der Waals surface area contributed by atoms with Gasteiger partial charge in [0.05, 0.1) is 5.75 Å². The molecular weight excluding hydrogens is 320 g/mol. The van der Waals surface area contributed by atoms with Gasteiger partial charge in [-0.2, -0.15) is 0 Å². The number of aromatic nitrogens is 2. The Morgan fingerprint density at radius 2 is 1.95 bits per heavy atom. The zero-order valence-corrected chi connectivity index (χ0v) is 14.8. The summed E-state index contributed by atoms with van der Waals surface area (Å²) in [5, 5.41) is 8.13. The van der Waals surface area contributed by atoms with Crippen molar-refractivity contribution in [1.82, 2.24) is 10.2 Å². The van der Waals surface area contributed by atoms with Gasteiger partial charge in [0.2, 0.25) is 0 Å². The molecule has 1 aromatic carbocycles. The van der Waals surface area contributed by atoms with Crippen LogP contribution in [0.25, 0.3) is 0 Å². The second-order valence-corrected chi connectivity index (χ2v) is 7.70. The summed E-state index contributed by atoms with van der Waals surface area (Å²) in [6.07, 6.45) is 3.81. The molecule has 3 nitrogen and oxygen atoms in total. The van der Waals surface area contributed by atoms with E-state index in [0.717, 1.165) is 32.6 Å². The van der Waals surface area contributed by atoms with Gasteiger partial charge in [0, 0.05) is 5.56 Å². The Morgan fingerprint density at radius 1 is 1.19 bits per heavy atom. The number of hydrogen-bond acceptors (Lipinski definition) is 6. The molecule has 2 aromatic rings. The van der Waals surface area contributed by atoms with Crippen molar-refractivity contribution in [3.63, 3.8) is 0 Å². The van der Waals surface area contributed by atoms with Gasteiger partial charge >= 0.3 is 0 Å². The van der Waals surface area contributed by atoms with Gasteiger partial charge < -0.3 is 0 Å². The molecule has 0 radical (unpaired) electrons. The summed E-state index contributed by atoms with van der Waals surface area (Å²) < 4.78 is 1.80. The number of aryl methyl sites for hydroxylation is 2. The normalized spacial score (nSPS) is 10.8. The largest absolute Gasteiger partial charge is 0.293 e. The summed E-state index contributed by atoms with van der Waals surface area (Å²) in [6.45, 7) is 4.19. The molecular formula is C15H18N2OS3. The van der Waals surface area contributed by atoms with Gasteiger partial charge in [-0.05, 0) is 36.3 Å². The predicted octanol–water partition coefficient (Wildman–Crippen LogP) is 4.36. The van der Waals surface area contributed by atoms with E-state index in [2.05, 4.69) is 36.2 Å². The molecule has 0 N–H and O–H groups in total. The molecule has 0 aliphatic rings. The first kappa shape index (κ1) is 16.5. The first-order valence-corrected chi connectivity index (χ1v) is 9.85. The monoisotopic (exact) mass is 338 g/mol. The highest BCUT2D eigenvalue weighted by Gasteiger charge is 2.13. The number of ketones is 1. The van der Waals surface area contributed by atoms with Gasteiger partial charge in [-0.25, -0.2) is 0 Å². The minimum Gasteiger partial charge on any atom is -0.293 e. The topological polar surface area (TPSA) is 42.9 Å². The molecule has 6 heteroatoms. The summed E-state index contributed by atoms with van der Waals surface area (Å²) in [6, 6.07) is 6.22. The van der Waals surface area contributed by atoms with E-state index >= 15 is 0 Å². The fourth-order valence-corrected chi connectivity index (χ4v) is 4.28. The van der Waals surface area contributed by atoms with E-state index in [9.17, 15) is 4.79 Å². The number of hydrogen-bond donors (Lipinski definition) is 0. The summed E-state index contributed by atoms with van der Waals surface area (Å²) in [7, 11) is 0. The SMILES string of the molecule is CCc1ccc(CC)c(C(=O)CSc2nnc(SC)s2)c1. The molecule has 0 saturated carbocycles. The highest BCUT2D eigenvalue weighted by molar-refractivity contribution is 8.03. The zero-order chi connectivity index (χ0) is 15.2. The number of carbonyl (C=O) groups is 1. The van der Waals surface area contributed by atoms with E-state index in [1.165, 1.54) is 28.7 Å². The molecule has 0 unspecified atom stereocenters. The van der Waals surface area contributed by atoms with Gasteiger partial charge in [-0.3, -0.25) is 4.79 Å². The number of carbonyl (C=O) groups excluding carboxylic acids is 1. The Morgan fingerprint density at radius 3 is 2.57 bits per heavy atom. The van der Waals surface area contributed by atoms with Crippen molar-refractivity contribution < 1.29 is 4.79 Å². The molecule has 2 rings (SSSR count). The van der Waals surface area contributed by atoms with Crippen LogP contribution in [-0.4, -0.2) is 28.0 Å². The lowest BCUT2D eigenvalue weighted by molar-refractivity contribution is 0.102. The van der Waals surface area contributed by atoms with Crippen molar-refractivity contribution in [3.05, 3.63) is 34.9 Å². The molecule has 1 heterocycles. The molecule has 1 aromatic heterocycles. The molecule has 21 heavy (non-hydrogen) atoms. The van der Waals surface area contributed by atoms with Crippen LogP contribution in [0, 0.1) is 0 Å². The zero-order valence-electron chi connectivity index (χ0n) is 12.4. The Balaban J connectivity index is 2.08. The fraction of sp³-hybridized carbons (Fsp3) is 0.400. The first-order valence-electron chi connectivity index (χ1n) is 6.83. The summed E-state index contributed by atoms with van der Waals surface area (Å²) in [5.74, 6) is 0.594. The average molecular weight is 339 g/mol. The van der Waals surface area contributed by atoms with Crippen molar-refractivity contribution in [2.75, 3.05) is 12.0 Å². The van der Waals surface area contributed by atoms with Gasteiger partial charge in [0.15, 0.2) is 14.5 Å². The van der Waals surface area contributed by atoms with Crippen LogP contribution in [0.3, 0.4) is 0 Å². The van der Waals surface area contributed by atoms with Gasteiger partial charge in [-0.15, -0.1) is 10.2 Å². The van der Waals surface area contributed by atoms with Crippen LogP contribution in [0.1, 0.15) is 35.3 Å².